The van der Waals surface area contributed by atoms with Crippen LogP contribution in [0.3, 0.4) is 0 Å². The van der Waals surface area contributed by atoms with Crippen molar-refractivity contribution >= 4 is 5.78 Å². The average Bonchev–Trinajstić information content (AvgIpc) is 3.23. The van der Waals surface area contributed by atoms with Gasteiger partial charge in [-0.3, -0.25) is 4.79 Å². The fourth-order valence-electron chi connectivity index (χ4n) is 4.85. The quantitative estimate of drug-likeness (QED) is 0.0893. The molecule has 0 aliphatic rings. The Morgan fingerprint density at radius 1 is 0.673 bits per heavy atom. The summed E-state index contributed by atoms with van der Waals surface area (Å²) in [5, 5.41) is 9.47. The minimum absolute atomic E-state index is 0. The van der Waals surface area contributed by atoms with Gasteiger partial charge in [0.25, 0.3) is 0 Å². The van der Waals surface area contributed by atoms with Crippen molar-refractivity contribution in [1.82, 2.24) is 9.97 Å². The van der Waals surface area contributed by atoms with Crippen LogP contribution in [0.5, 0.6) is 0 Å². The van der Waals surface area contributed by atoms with Gasteiger partial charge in [0.1, 0.15) is 0 Å². The van der Waals surface area contributed by atoms with E-state index in [9.17, 15) is 9.90 Å². The van der Waals surface area contributed by atoms with Gasteiger partial charge in [-0.05, 0) is 61.2 Å². The molecule has 0 amide bonds. The van der Waals surface area contributed by atoms with Crippen molar-refractivity contribution in [3.63, 3.8) is 0 Å². The van der Waals surface area contributed by atoms with Crippen LogP contribution in [-0.4, -0.2) is 20.9 Å². The van der Waals surface area contributed by atoms with E-state index in [1.807, 2.05) is 125 Å². The van der Waals surface area contributed by atoms with Crippen LogP contribution in [0.1, 0.15) is 59.9 Å². The normalized spacial score (nSPS) is 14.0. The number of carbonyl (C=O) groups is 1. The van der Waals surface area contributed by atoms with Crippen molar-refractivity contribution in [1.29, 1.82) is 0 Å². The number of allylic oxidation sites excluding steroid dienone is 2. The molecule has 0 fully saturated rings. The number of rotatable bonds is 9. The molecule has 6 rings (SSSR count). The maximum absolute atomic E-state index is 11.4. The summed E-state index contributed by atoms with van der Waals surface area (Å²) < 4.78 is 45.0. The second kappa shape index (κ2) is 21.4. The number of hydrogen-bond donors (Lipinski definition) is 1. The molecule has 5 heteroatoms. The van der Waals surface area contributed by atoms with Crippen molar-refractivity contribution in [2.24, 2.45) is 11.8 Å². The van der Waals surface area contributed by atoms with Gasteiger partial charge >= 0.3 is 0 Å². The average molecular weight is 871 g/mol. The van der Waals surface area contributed by atoms with Crippen LogP contribution in [0.25, 0.3) is 44.8 Å². The molecule has 0 spiro atoms. The van der Waals surface area contributed by atoms with Gasteiger partial charge in [-0.2, -0.15) is 0 Å². The number of carbonyl (C=O) groups excluding carboxylic acids is 1. The third-order valence-corrected chi connectivity index (χ3v) is 8.39. The van der Waals surface area contributed by atoms with E-state index in [4.69, 9.17) is 8.22 Å². The van der Waals surface area contributed by atoms with Gasteiger partial charge in [0.2, 0.25) is 0 Å². The van der Waals surface area contributed by atoms with E-state index in [-0.39, 0.29) is 54.6 Å². The number of aliphatic hydroxyl groups excluding tert-OH is 1. The van der Waals surface area contributed by atoms with Crippen LogP contribution in [0.15, 0.2) is 146 Å². The van der Waals surface area contributed by atoms with Crippen molar-refractivity contribution < 1.29 is 38.2 Å². The standard InChI is InChI=1S/2C18H14N.C11H20O2.Ir/c2*1-14-10-11-19-18(12-14)17-9-5-8-16(13-17)15-6-3-2-4-7-15;1-5-8(3)10(12)7-11(13)9(4)6-2;/h2*2-8,10-13H,1H3;7-9,12H,5-6H2,1-4H3;/q2*-1;;/b;;10-7-;/i2*1D3;;. The van der Waals surface area contributed by atoms with Crippen molar-refractivity contribution in [2.75, 3.05) is 0 Å². The van der Waals surface area contributed by atoms with Crippen LogP contribution in [0.4, 0.5) is 0 Å². The number of aliphatic hydroxyl groups is 1. The molecule has 6 aromatic rings. The van der Waals surface area contributed by atoms with E-state index in [0.717, 1.165) is 46.2 Å². The number of benzene rings is 4. The molecule has 1 radical (unpaired) electrons. The maximum atomic E-state index is 11.4. The molecule has 2 aromatic heterocycles. The van der Waals surface area contributed by atoms with Gasteiger partial charge in [0, 0.05) is 58.6 Å². The van der Waals surface area contributed by atoms with Crippen molar-refractivity contribution in [3.05, 3.63) is 169 Å². The van der Waals surface area contributed by atoms with Crippen LogP contribution < -0.4 is 0 Å². The molecule has 4 nitrogen and oxygen atoms in total. The number of nitrogens with zero attached hydrogens (tertiary/aromatic N) is 2. The minimum atomic E-state index is -2.13. The number of hydrogen-bond acceptors (Lipinski definition) is 4. The Morgan fingerprint density at radius 2 is 1.12 bits per heavy atom. The third kappa shape index (κ3) is 12.7. The number of aromatic nitrogens is 2. The predicted octanol–water partition coefficient (Wildman–Crippen LogP) is 12.1. The van der Waals surface area contributed by atoms with E-state index in [1.54, 1.807) is 12.1 Å². The molecule has 2 heterocycles. The molecular formula is C47H48IrN2O2-2. The molecule has 4 aromatic carbocycles. The largest absolute Gasteiger partial charge is 0.512 e. The molecule has 52 heavy (non-hydrogen) atoms. The number of ketones is 1. The fraction of sp³-hybridized carbons (Fsp3) is 0.213. The molecule has 1 N–H and O–H groups in total. The zero-order valence-electron chi connectivity index (χ0n) is 35.9. The Balaban J connectivity index is 0.000000240. The summed E-state index contributed by atoms with van der Waals surface area (Å²) >= 11 is 0. The molecule has 0 aliphatic carbocycles. The first-order valence-corrected chi connectivity index (χ1v) is 17.1. The predicted molar refractivity (Wildman–Crippen MR) is 212 cm³/mol. The first-order valence-electron chi connectivity index (χ1n) is 20.1. The fourth-order valence-corrected chi connectivity index (χ4v) is 4.85. The van der Waals surface area contributed by atoms with Gasteiger partial charge in [-0.25, -0.2) is 0 Å². The molecule has 0 saturated carbocycles. The number of aryl methyl sites for hydroxylation is 2. The summed E-state index contributed by atoms with van der Waals surface area (Å²) in [7, 11) is 0. The van der Waals surface area contributed by atoms with Crippen LogP contribution in [-0.2, 0) is 24.9 Å². The smallest absolute Gasteiger partial charge is 0.161 e. The molecule has 0 bridgehead atoms. The zero-order valence-corrected chi connectivity index (χ0v) is 32.3. The molecular weight excluding hydrogens is 817 g/mol. The van der Waals surface area contributed by atoms with Gasteiger partial charge in [0.15, 0.2) is 5.78 Å². The van der Waals surface area contributed by atoms with Crippen LogP contribution in [0.2, 0.25) is 0 Å². The summed E-state index contributed by atoms with van der Waals surface area (Å²) in [6, 6.07) is 44.1. The van der Waals surface area contributed by atoms with E-state index in [1.165, 1.54) is 30.6 Å². The summed E-state index contributed by atoms with van der Waals surface area (Å²) in [4.78, 5) is 19.9. The summed E-state index contributed by atoms with van der Waals surface area (Å²) in [6.07, 6.45) is 6.11. The summed E-state index contributed by atoms with van der Waals surface area (Å²) in [5.74, 6) is 0.354. The number of pyridine rings is 2. The SMILES string of the molecule is CCC(C)C(=O)/C=C(\O)C(C)CC.[2H]C([2H])([2H])c1ccnc(-c2[c-]ccc(-c3ccccc3)c2)c1.[2H]C([2H])([2H])c1ccnc(-c2[c-]ccc(-c3ccccc3)c2)c1.[Ir]. The maximum Gasteiger partial charge on any atom is 0.161 e. The molecule has 0 aliphatic heterocycles. The zero-order chi connectivity index (χ0) is 41.6. The van der Waals surface area contributed by atoms with E-state index < -0.39 is 13.7 Å². The Kier molecular flexibility index (Phi) is 13.6. The first kappa shape index (κ1) is 32.9. The van der Waals surface area contributed by atoms with E-state index in [2.05, 4.69) is 22.1 Å². The second-order valence-electron chi connectivity index (χ2n) is 12.2. The summed E-state index contributed by atoms with van der Waals surface area (Å²) in [5.41, 5.74) is 7.69. The summed E-state index contributed by atoms with van der Waals surface area (Å²) in [6.45, 7) is 3.49. The Bertz CT molecular complexity index is 2090. The van der Waals surface area contributed by atoms with E-state index in [0.29, 0.717) is 11.4 Å². The molecule has 0 saturated heterocycles. The molecule has 269 valence electrons. The topological polar surface area (TPSA) is 63.1 Å². The van der Waals surface area contributed by atoms with Gasteiger partial charge < -0.3 is 15.1 Å². The van der Waals surface area contributed by atoms with Crippen molar-refractivity contribution in [3.8, 4) is 44.8 Å². The Morgan fingerprint density at radius 3 is 1.52 bits per heavy atom. The minimum Gasteiger partial charge on any atom is -0.512 e. The van der Waals surface area contributed by atoms with Crippen LogP contribution in [0, 0.1) is 37.7 Å². The molecule has 2 unspecified atom stereocenters. The van der Waals surface area contributed by atoms with Gasteiger partial charge in [0.05, 0.1) is 5.76 Å². The van der Waals surface area contributed by atoms with E-state index >= 15 is 0 Å². The van der Waals surface area contributed by atoms with Gasteiger partial charge in [-0.1, -0.05) is 112 Å². The van der Waals surface area contributed by atoms with Crippen LogP contribution >= 0.6 is 0 Å². The Hall–Kier alpha value is -4.96. The van der Waals surface area contributed by atoms with Crippen molar-refractivity contribution in [2.45, 2.75) is 54.2 Å². The molecule has 2 atom stereocenters. The Labute approximate surface area is 332 Å². The monoisotopic (exact) mass is 871 g/mol. The third-order valence-electron chi connectivity index (χ3n) is 8.39. The first-order chi connectivity index (χ1) is 27.1. The van der Waals surface area contributed by atoms with Gasteiger partial charge in [-0.15, -0.1) is 70.8 Å². The second-order valence-corrected chi connectivity index (χ2v) is 12.2.